The predicted octanol–water partition coefficient (Wildman–Crippen LogP) is 3.20. The average Bonchev–Trinajstić information content (AvgIpc) is 3.17. The molecule has 0 aliphatic carbocycles. The quantitative estimate of drug-likeness (QED) is 0.549. The lowest BCUT2D eigenvalue weighted by Gasteiger charge is -2.11. The zero-order chi connectivity index (χ0) is 20.4. The molecule has 3 N–H and O–H groups in total. The summed E-state index contributed by atoms with van der Waals surface area (Å²) in [4.78, 5) is 16.9. The van der Waals surface area contributed by atoms with Crippen LogP contribution in [0.15, 0.2) is 61.1 Å². The molecule has 0 saturated carbocycles. The van der Waals surface area contributed by atoms with Gasteiger partial charge in [-0.25, -0.2) is 8.91 Å². The number of rotatable bonds is 5. The summed E-state index contributed by atoms with van der Waals surface area (Å²) in [6, 6.07) is 12.6. The van der Waals surface area contributed by atoms with Gasteiger partial charge in [0.15, 0.2) is 0 Å². The van der Waals surface area contributed by atoms with Gasteiger partial charge in [-0.2, -0.15) is 5.10 Å². The van der Waals surface area contributed by atoms with Gasteiger partial charge in [-0.05, 0) is 54.4 Å². The van der Waals surface area contributed by atoms with Crippen LogP contribution in [0, 0.1) is 12.7 Å². The van der Waals surface area contributed by atoms with E-state index in [0.717, 1.165) is 22.4 Å². The number of benzene rings is 1. The van der Waals surface area contributed by atoms with E-state index >= 15 is 0 Å². The number of nitrogens with one attached hydrogen (secondary N) is 1. The summed E-state index contributed by atoms with van der Waals surface area (Å²) >= 11 is 0. The number of hydrogen-bond donors (Lipinski definition) is 2. The number of fused-ring (bicyclic) bond motifs is 1. The van der Waals surface area contributed by atoms with Gasteiger partial charge in [-0.1, -0.05) is 6.07 Å². The van der Waals surface area contributed by atoms with Crippen LogP contribution in [0.25, 0.3) is 27.9 Å². The SMILES string of the molecule is Cc1cc(-c2ncccc2-c2ccn3ncc(C(=O)NCCN)c3c2)ccc1F. The fraction of sp³-hybridized carbons (Fsp3) is 0.136. The molecule has 1 aromatic carbocycles. The molecule has 0 atom stereocenters. The van der Waals surface area contributed by atoms with E-state index in [9.17, 15) is 9.18 Å². The minimum Gasteiger partial charge on any atom is -0.351 e. The monoisotopic (exact) mass is 389 g/mol. The van der Waals surface area contributed by atoms with Crippen molar-refractivity contribution >= 4 is 11.4 Å². The first kappa shape index (κ1) is 18.8. The van der Waals surface area contributed by atoms with Crippen LogP contribution < -0.4 is 11.1 Å². The Morgan fingerprint density at radius 1 is 1.21 bits per heavy atom. The lowest BCUT2D eigenvalue weighted by molar-refractivity contribution is 0.0956. The predicted molar refractivity (Wildman–Crippen MR) is 110 cm³/mol. The Balaban J connectivity index is 1.81. The van der Waals surface area contributed by atoms with Crippen molar-refractivity contribution in [2.75, 3.05) is 13.1 Å². The smallest absolute Gasteiger partial charge is 0.255 e. The van der Waals surface area contributed by atoms with Crippen LogP contribution in [0.3, 0.4) is 0 Å². The molecule has 1 amide bonds. The molecule has 0 saturated heterocycles. The lowest BCUT2D eigenvalue weighted by Crippen LogP contribution is -2.28. The summed E-state index contributed by atoms with van der Waals surface area (Å²) in [5.41, 5.74) is 10.5. The van der Waals surface area contributed by atoms with Crippen LogP contribution in [0.1, 0.15) is 15.9 Å². The Hall–Kier alpha value is -3.58. The zero-order valence-electron chi connectivity index (χ0n) is 15.9. The third-order valence-corrected chi connectivity index (χ3v) is 4.75. The number of nitrogens with zero attached hydrogens (tertiary/aromatic N) is 3. The number of amides is 1. The summed E-state index contributed by atoms with van der Waals surface area (Å²) < 4.78 is 15.4. The van der Waals surface area contributed by atoms with Crippen molar-refractivity contribution < 1.29 is 9.18 Å². The fourth-order valence-corrected chi connectivity index (χ4v) is 3.26. The van der Waals surface area contributed by atoms with E-state index in [1.807, 2.05) is 24.3 Å². The second-order valence-electron chi connectivity index (χ2n) is 6.71. The summed E-state index contributed by atoms with van der Waals surface area (Å²) in [5.74, 6) is -0.469. The molecule has 0 spiro atoms. The van der Waals surface area contributed by atoms with Crippen LogP contribution >= 0.6 is 0 Å². The minimum absolute atomic E-state index is 0.219. The largest absolute Gasteiger partial charge is 0.351 e. The summed E-state index contributed by atoms with van der Waals surface area (Å²) in [7, 11) is 0. The van der Waals surface area contributed by atoms with E-state index in [1.165, 1.54) is 6.07 Å². The second-order valence-corrected chi connectivity index (χ2v) is 6.71. The molecular formula is C22H20FN5O. The molecule has 3 aromatic heterocycles. The van der Waals surface area contributed by atoms with Gasteiger partial charge >= 0.3 is 0 Å². The van der Waals surface area contributed by atoms with Crippen molar-refractivity contribution in [1.29, 1.82) is 0 Å². The average molecular weight is 389 g/mol. The molecule has 4 rings (SSSR count). The highest BCUT2D eigenvalue weighted by molar-refractivity contribution is 6.01. The van der Waals surface area contributed by atoms with Crippen LogP contribution in [0.4, 0.5) is 4.39 Å². The van der Waals surface area contributed by atoms with Gasteiger partial charge in [0.1, 0.15) is 5.82 Å². The fourth-order valence-electron chi connectivity index (χ4n) is 3.26. The molecule has 3 heterocycles. The van der Waals surface area contributed by atoms with E-state index in [0.29, 0.717) is 29.7 Å². The maximum absolute atomic E-state index is 13.7. The highest BCUT2D eigenvalue weighted by Gasteiger charge is 2.15. The Labute approximate surface area is 167 Å². The minimum atomic E-state index is -0.250. The zero-order valence-corrected chi connectivity index (χ0v) is 15.9. The van der Waals surface area contributed by atoms with E-state index in [-0.39, 0.29) is 11.7 Å². The maximum Gasteiger partial charge on any atom is 0.255 e. The van der Waals surface area contributed by atoms with Crippen LogP contribution in [-0.4, -0.2) is 33.6 Å². The van der Waals surface area contributed by atoms with Gasteiger partial charge in [0.25, 0.3) is 5.91 Å². The van der Waals surface area contributed by atoms with E-state index in [4.69, 9.17) is 5.73 Å². The number of nitrogens with two attached hydrogens (primary N) is 1. The van der Waals surface area contributed by atoms with Gasteiger partial charge in [-0.3, -0.25) is 9.78 Å². The van der Waals surface area contributed by atoms with Gasteiger partial charge in [0, 0.05) is 36.6 Å². The lowest BCUT2D eigenvalue weighted by atomic mass is 9.98. The number of pyridine rings is 2. The Bertz CT molecular complexity index is 1200. The number of halogens is 1. The molecule has 146 valence electrons. The molecule has 6 nitrogen and oxygen atoms in total. The van der Waals surface area contributed by atoms with Gasteiger partial charge in [0.2, 0.25) is 0 Å². The molecule has 0 aliphatic rings. The van der Waals surface area contributed by atoms with Crippen LogP contribution in [0.2, 0.25) is 0 Å². The number of carbonyl (C=O) groups is 1. The molecule has 7 heteroatoms. The van der Waals surface area contributed by atoms with Crippen molar-refractivity contribution in [2.45, 2.75) is 6.92 Å². The van der Waals surface area contributed by atoms with Crippen LogP contribution in [-0.2, 0) is 0 Å². The molecule has 0 bridgehead atoms. The third kappa shape index (κ3) is 3.60. The Morgan fingerprint density at radius 2 is 2.07 bits per heavy atom. The van der Waals surface area contributed by atoms with E-state index < -0.39 is 0 Å². The molecular weight excluding hydrogens is 369 g/mol. The second kappa shape index (κ2) is 7.81. The van der Waals surface area contributed by atoms with E-state index in [1.54, 1.807) is 42.2 Å². The van der Waals surface area contributed by atoms with Crippen LogP contribution in [0.5, 0.6) is 0 Å². The molecule has 0 aliphatic heterocycles. The van der Waals surface area contributed by atoms with Crippen molar-refractivity contribution in [2.24, 2.45) is 5.73 Å². The standard InChI is InChI=1S/C22H20FN5O/c1-14-11-16(4-5-19(14)23)21-17(3-2-8-25-21)15-6-10-28-20(12-15)18(13-27-28)22(29)26-9-7-24/h2-6,8,10-13H,7,9,24H2,1H3,(H,26,29). The van der Waals surface area contributed by atoms with E-state index in [2.05, 4.69) is 15.4 Å². The van der Waals surface area contributed by atoms with Gasteiger partial charge in [0.05, 0.1) is 23.0 Å². The topological polar surface area (TPSA) is 85.3 Å². The molecule has 4 aromatic rings. The first-order chi connectivity index (χ1) is 14.1. The van der Waals surface area contributed by atoms with Crippen molar-refractivity contribution in [3.8, 4) is 22.4 Å². The normalized spacial score (nSPS) is 11.0. The summed E-state index contributed by atoms with van der Waals surface area (Å²) in [6.45, 7) is 2.49. The van der Waals surface area contributed by atoms with Gasteiger partial charge < -0.3 is 11.1 Å². The van der Waals surface area contributed by atoms with Gasteiger partial charge in [-0.15, -0.1) is 0 Å². The number of aryl methyl sites for hydroxylation is 1. The Morgan fingerprint density at radius 3 is 2.86 bits per heavy atom. The number of carbonyl (C=O) groups excluding carboxylic acids is 1. The van der Waals surface area contributed by atoms with Crippen molar-refractivity contribution in [3.05, 3.63) is 78.0 Å². The highest BCUT2D eigenvalue weighted by atomic mass is 19.1. The summed E-state index contributed by atoms with van der Waals surface area (Å²) in [5, 5.41) is 7.02. The van der Waals surface area contributed by atoms with Crippen molar-refractivity contribution in [3.63, 3.8) is 0 Å². The maximum atomic E-state index is 13.7. The number of hydrogen-bond acceptors (Lipinski definition) is 4. The molecule has 0 radical (unpaired) electrons. The molecule has 0 fully saturated rings. The number of aromatic nitrogens is 3. The summed E-state index contributed by atoms with van der Waals surface area (Å²) in [6.07, 6.45) is 5.05. The first-order valence-electron chi connectivity index (χ1n) is 9.26. The van der Waals surface area contributed by atoms with Crippen molar-refractivity contribution in [1.82, 2.24) is 19.9 Å². The molecule has 0 unspecified atom stereocenters. The third-order valence-electron chi connectivity index (χ3n) is 4.75. The molecule has 29 heavy (non-hydrogen) atoms. The highest BCUT2D eigenvalue weighted by Crippen LogP contribution is 2.32. The first-order valence-corrected chi connectivity index (χ1v) is 9.26. The Kier molecular flexibility index (Phi) is 5.05.